The standard InChI is InChI=1S/C22H23FN4O4/c1-13(2)21-25-19(20(22(29)30)27(21)24)15-6-4-14(5-7-15)11-26(12-28)17-10-16(23)8-9-18(17)31-3/h4-10,12-13H,11,24H2,1-3H3,(H,29,30). The molecule has 0 aliphatic rings. The van der Waals surface area contributed by atoms with Crippen LogP contribution >= 0.6 is 0 Å². The molecule has 0 spiro atoms. The predicted molar refractivity (Wildman–Crippen MR) is 114 cm³/mol. The van der Waals surface area contributed by atoms with Gasteiger partial charge in [0.1, 0.15) is 23.1 Å². The van der Waals surface area contributed by atoms with Crippen molar-refractivity contribution < 1.29 is 23.8 Å². The summed E-state index contributed by atoms with van der Waals surface area (Å²) < 4.78 is 20.0. The van der Waals surface area contributed by atoms with Crippen LogP contribution in [0.15, 0.2) is 42.5 Å². The SMILES string of the molecule is COc1ccc(F)cc1N(C=O)Cc1ccc(-c2nc(C(C)C)n(N)c2C(=O)O)cc1. The van der Waals surface area contributed by atoms with Gasteiger partial charge in [-0.1, -0.05) is 38.1 Å². The summed E-state index contributed by atoms with van der Waals surface area (Å²) in [5, 5.41) is 9.58. The van der Waals surface area contributed by atoms with Crippen LogP contribution < -0.4 is 15.5 Å². The van der Waals surface area contributed by atoms with Crippen molar-refractivity contribution >= 4 is 18.1 Å². The molecule has 0 saturated heterocycles. The second kappa shape index (κ2) is 8.86. The predicted octanol–water partition coefficient (Wildman–Crippen LogP) is 3.40. The molecule has 3 N–H and O–H groups in total. The summed E-state index contributed by atoms with van der Waals surface area (Å²) in [6, 6.07) is 10.8. The number of halogens is 1. The Hall–Kier alpha value is -3.88. The van der Waals surface area contributed by atoms with Crippen LogP contribution in [0.25, 0.3) is 11.3 Å². The second-order valence-electron chi connectivity index (χ2n) is 7.24. The molecule has 3 aromatic rings. The lowest BCUT2D eigenvalue weighted by Crippen LogP contribution is -2.21. The molecule has 1 aromatic heterocycles. The number of methoxy groups -OCH3 is 1. The van der Waals surface area contributed by atoms with Crippen LogP contribution in [0.4, 0.5) is 10.1 Å². The zero-order valence-corrected chi connectivity index (χ0v) is 17.4. The molecule has 1 heterocycles. The Balaban J connectivity index is 1.92. The molecule has 9 heteroatoms. The maximum atomic E-state index is 13.7. The Bertz CT molecular complexity index is 1110. The van der Waals surface area contributed by atoms with E-state index < -0.39 is 11.8 Å². The number of aromatic nitrogens is 2. The number of carboxylic acid groups (broad SMARTS) is 1. The lowest BCUT2D eigenvalue weighted by Gasteiger charge is -2.20. The van der Waals surface area contributed by atoms with Crippen molar-refractivity contribution in [2.24, 2.45) is 0 Å². The van der Waals surface area contributed by atoms with Gasteiger partial charge in [-0.05, 0) is 17.7 Å². The van der Waals surface area contributed by atoms with Crippen LogP contribution in [-0.4, -0.2) is 34.3 Å². The first-order valence-corrected chi connectivity index (χ1v) is 9.52. The van der Waals surface area contributed by atoms with Crippen molar-refractivity contribution in [1.29, 1.82) is 0 Å². The molecule has 0 fully saturated rings. The summed E-state index contributed by atoms with van der Waals surface area (Å²) in [6.45, 7) is 3.91. The van der Waals surface area contributed by atoms with Gasteiger partial charge in [0, 0.05) is 17.5 Å². The Morgan fingerprint density at radius 3 is 2.52 bits per heavy atom. The first-order valence-electron chi connectivity index (χ1n) is 9.52. The van der Waals surface area contributed by atoms with Gasteiger partial charge in [0.2, 0.25) is 6.41 Å². The fraction of sp³-hybridized carbons (Fsp3) is 0.227. The van der Waals surface area contributed by atoms with Crippen LogP contribution in [0.3, 0.4) is 0 Å². The molecule has 2 aromatic carbocycles. The highest BCUT2D eigenvalue weighted by molar-refractivity contribution is 5.93. The third kappa shape index (κ3) is 4.35. The largest absolute Gasteiger partial charge is 0.495 e. The average molecular weight is 426 g/mol. The van der Waals surface area contributed by atoms with Crippen LogP contribution in [0.5, 0.6) is 5.75 Å². The molecule has 0 aliphatic heterocycles. The van der Waals surface area contributed by atoms with Gasteiger partial charge in [0.15, 0.2) is 5.69 Å². The number of anilines is 1. The van der Waals surface area contributed by atoms with E-state index in [2.05, 4.69) is 4.98 Å². The number of aromatic carboxylic acids is 1. The van der Waals surface area contributed by atoms with Crippen LogP contribution in [0.2, 0.25) is 0 Å². The van der Waals surface area contributed by atoms with E-state index in [9.17, 15) is 19.1 Å². The van der Waals surface area contributed by atoms with Crippen LogP contribution in [0.1, 0.15) is 41.6 Å². The number of nitrogen functional groups attached to an aromatic ring is 1. The van der Waals surface area contributed by atoms with Gasteiger partial charge < -0.3 is 20.6 Å². The quantitative estimate of drug-likeness (QED) is 0.422. The van der Waals surface area contributed by atoms with E-state index in [-0.39, 0.29) is 23.9 Å². The van der Waals surface area contributed by atoms with Crippen molar-refractivity contribution in [1.82, 2.24) is 9.66 Å². The highest BCUT2D eigenvalue weighted by Crippen LogP contribution is 2.30. The van der Waals surface area contributed by atoms with Crippen molar-refractivity contribution in [3.63, 3.8) is 0 Å². The molecular weight excluding hydrogens is 403 g/mol. The maximum absolute atomic E-state index is 13.7. The number of carboxylic acids is 1. The van der Waals surface area contributed by atoms with Crippen molar-refractivity contribution in [2.45, 2.75) is 26.3 Å². The number of carbonyl (C=O) groups is 2. The van der Waals surface area contributed by atoms with Crippen molar-refractivity contribution in [3.05, 3.63) is 65.4 Å². The third-order valence-electron chi connectivity index (χ3n) is 4.82. The molecular formula is C22H23FN4O4. The molecule has 0 saturated carbocycles. The lowest BCUT2D eigenvalue weighted by atomic mass is 10.1. The molecule has 0 bridgehead atoms. The number of carbonyl (C=O) groups excluding carboxylic acids is 1. The topological polar surface area (TPSA) is 111 Å². The third-order valence-corrected chi connectivity index (χ3v) is 4.82. The van der Waals surface area contributed by atoms with Gasteiger partial charge >= 0.3 is 5.97 Å². The summed E-state index contributed by atoms with van der Waals surface area (Å²) in [7, 11) is 1.44. The monoisotopic (exact) mass is 426 g/mol. The minimum Gasteiger partial charge on any atom is -0.495 e. The summed E-state index contributed by atoms with van der Waals surface area (Å²) in [4.78, 5) is 29.1. The fourth-order valence-corrected chi connectivity index (χ4v) is 3.29. The van der Waals surface area contributed by atoms with E-state index in [0.717, 1.165) is 10.2 Å². The highest BCUT2D eigenvalue weighted by Gasteiger charge is 2.24. The van der Waals surface area contributed by atoms with Gasteiger partial charge in [-0.2, -0.15) is 0 Å². The van der Waals surface area contributed by atoms with E-state index >= 15 is 0 Å². The Kier molecular flexibility index (Phi) is 6.24. The second-order valence-corrected chi connectivity index (χ2v) is 7.24. The number of hydrogen-bond acceptors (Lipinski definition) is 5. The first kappa shape index (κ1) is 21.8. The number of nitrogens with two attached hydrogens (primary N) is 1. The number of imidazole rings is 1. The first-order chi connectivity index (χ1) is 14.8. The van der Waals surface area contributed by atoms with Crippen LogP contribution in [0, 0.1) is 5.82 Å². The van der Waals surface area contributed by atoms with E-state index in [4.69, 9.17) is 10.6 Å². The van der Waals surface area contributed by atoms with Gasteiger partial charge in [-0.25, -0.2) is 18.8 Å². The molecule has 0 radical (unpaired) electrons. The Morgan fingerprint density at radius 2 is 1.97 bits per heavy atom. The number of hydrogen-bond donors (Lipinski definition) is 2. The van der Waals surface area contributed by atoms with Gasteiger partial charge in [0.25, 0.3) is 0 Å². The lowest BCUT2D eigenvalue weighted by molar-refractivity contribution is -0.107. The highest BCUT2D eigenvalue weighted by atomic mass is 19.1. The summed E-state index contributed by atoms with van der Waals surface area (Å²) in [6.07, 6.45) is 0.596. The molecule has 3 rings (SSSR count). The van der Waals surface area contributed by atoms with Crippen molar-refractivity contribution in [3.8, 4) is 17.0 Å². The number of nitrogens with zero attached hydrogens (tertiary/aromatic N) is 3. The minimum absolute atomic E-state index is 0.0569. The molecule has 31 heavy (non-hydrogen) atoms. The summed E-state index contributed by atoms with van der Waals surface area (Å²) in [5.74, 6) is 5.05. The molecule has 0 atom stereocenters. The molecule has 8 nitrogen and oxygen atoms in total. The Morgan fingerprint density at radius 1 is 1.29 bits per heavy atom. The number of benzene rings is 2. The van der Waals surface area contributed by atoms with Crippen molar-refractivity contribution in [2.75, 3.05) is 17.9 Å². The fourth-order valence-electron chi connectivity index (χ4n) is 3.29. The zero-order chi connectivity index (χ0) is 22.7. The molecule has 0 aliphatic carbocycles. The van der Waals surface area contributed by atoms with E-state index in [0.29, 0.717) is 29.2 Å². The number of amides is 1. The minimum atomic E-state index is -1.17. The van der Waals surface area contributed by atoms with Gasteiger partial charge in [-0.15, -0.1) is 0 Å². The van der Waals surface area contributed by atoms with Gasteiger partial charge in [0.05, 0.1) is 19.3 Å². The van der Waals surface area contributed by atoms with Gasteiger partial charge in [-0.3, -0.25) is 4.79 Å². The normalized spacial score (nSPS) is 10.9. The zero-order valence-electron chi connectivity index (χ0n) is 17.4. The van der Waals surface area contributed by atoms with E-state index in [1.54, 1.807) is 24.3 Å². The smallest absolute Gasteiger partial charge is 0.356 e. The molecule has 1 amide bonds. The van der Waals surface area contributed by atoms with E-state index in [1.165, 1.54) is 30.2 Å². The summed E-state index contributed by atoms with van der Waals surface area (Å²) >= 11 is 0. The average Bonchev–Trinajstić information content (AvgIpc) is 3.10. The summed E-state index contributed by atoms with van der Waals surface area (Å²) in [5.41, 5.74) is 1.79. The maximum Gasteiger partial charge on any atom is 0.356 e. The number of ether oxygens (including phenoxy) is 1. The molecule has 0 unspecified atom stereocenters. The van der Waals surface area contributed by atoms with E-state index in [1.807, 2.05) is 13.8 Å². The number of rotatable bonds is 8. The molecule has 162 valence electrons. The van der Waals surface area contributed by atoms with Crippen LogP contribution in [-0.2, 0) is 11.3 Å². The Labute approximate surface area is 178 Å².